The van der Waals surface area contributed by atoms with Crippen LogP contribution in [0.5, 0.6) is 5.75 Å². The van der Waals surface area contributed by atoms with Gasteiger partial charge in [0.1, 0.15) is 11.6 Å². The summed E-state index contributed by atoms with van der Waals surface area (Å²) in [4.78, 5) is 10.8. The van der Waals surface area contributed by atoms with E-state index in [9.17, 15) is 5.11 Å². The van der Waals surface area contributed by atoms with Crippen LogP contribution in [0.3, 0.4) is 0 Å². The Kier molecular flexibility index (Phi) is 13.4. The maximum absolute atomic E-state index is 12.6. The Morgan fingerprint density at radius 3 is 1.87 bits per heavy atom. The molecule has 0 fully saturated rings. The second kappa shape index (κ2) is 18.3. The second-order valence-electron chi connectivity index (χ2n) is 25.6. The Hall–Kier alpha value is -5.35. The van der Waals surface area contributed by atoms with Crippen molar-refractivity contribution in [3.05, 3.63) is 161 Å². The van der Waals surface area contributed by atoms with Gasteiger partial charge < -0.3 is 5.11 Å². The van der Waals surface area contributed by atoms with Crippen LogP contribution in [0.25, 0.3) is 72.7 Å². The number of phenolic OH excluding ortho intramolecular Hbond substituents is 1. The quantitative estimate of drug-likeness (QED) is 0.133. The molecule has 8 aromatic rings. The van der Waals surface area contributed by atoms with Gasteiger partial charge in [-0.2, -0.15) is 0 Å². The van der Waals surface area contributed by atoms with Gasteiger partial charge in [0.05, 0.1) is 30.4 Å². The van der Waals surface area contributed by atoms with Crippen LogP contribution >= 0.6 is 0 Å². The summed E-state index contributed by atoms with van der Waals surface area (Å²) in [5.74, 6) is 0.953. The van der Waals surface area contributed by atoms with E-state index in [1.54, 1.807) is 5.19 Å². The Bertz CT molecular complexity index is 3310. The van der Waals surface area contributed by atoms with Crippen molar-refractivity contribution in [2.75, 3.05) is 0 Å². The van der Waals surface area contributed by atoms with Crippen LogP contribution in [0.15, 0.2) is 128 Å². The van der Waals surface area contributed by atoms with Crippen LogP contribution < -0.4 is 5.19 Å². The van der Waals surface area contributed by atoms with Crippen LogP contribution in [0.4, 0.5) is 0 Å². The summed E-state index contributed by atoms with van der Waals surface area (Å²) in [7, 11) is -1.58. The summed E-state index contributed by atoms with van der Waals surface area (Å²) in [5, 5.41) is 14.2. The number of aromatic hydroxyl groups is 1. The van der Waals surface area contributed by atoms with Crippen molar-refractivity contribution in [3.8, 4) is 67.5 Å². The predicted molar refractivity (Wildman–Crippen MR) is 301 cm³/mol. The number of rotatable bonds is 6. The van der Waals surface area contributed by atoms with E-state index in [4.69, 9.17) is 9.97 Å². The van der Waals surface area contributed by atoms with Gasteiger partial charge in [-0.05, 0) is 97.2 Å². The van der Waals surface area contributed by atoms with Crippen molar-refractivity contribution in [1.29, 1.82) is 0 Å². The fourth-order valence-corrected chi connectivity index (χ4v) is 13.8. The van der Waals surface area contributed by atoms with Crippen LogP contribution in [0, 0.1) is 6.07 Å². The number of phenols is 1. The summed E-state index contributed by atoms with van der Waals surface area (Å²) in [6, 6.07) is 49.7. The molecule has 1 aliphatic heterocycles. The second-order valence-corrected chi connectivity index (χ2v) is 30.4. The van der Waals surface area contributed by atoms with Crippen molar-refractivity contribution in [2.24, 2.45) is 0 Å². The Labute approximate surface area is 440 Å². The fourth-order valence-electron chi connectivity index (χ4n) is 10.6. The van der Waals surface area contributed by atoms with E-state index >= 15 is 0 Å². The molecular formula is C65H74N3OPtSi-. The zero-order valence-electron chi connectivity index (χ0n) is 45.1. The van der Waals surface area contributed by atoms with Crippen molar-refractivity contribution in [2.45, 2.75) is 150 Å². The molecule has 0 unspecified atom stereocenters. The van der Waals surface area contributed by atoms with Gasteiger partial charge in [0.15, 0.2) is 0 Å². The molecule has 6 heteroatoms. The zero-order chi connectivity index (χ0) is 50.5. The summed E-state index contributed by atoms with van der Waals surface area (Å²) in [6.07, 6.45) is 3.19. The van der Waals surface area contributed by atoms with E-state index in [1.807, 2.05) is 6.20 Å². The van der Waals surface area contributed by atoms with Crippen LogP contribution in [-0.4, -0.2) is 27.7 Å². The summed E-state index contributed by atoms with van der Waals surface area (Å²) in [5.41, 5.74) is 17.3. The van der Waals surface area contributed by atoms with E-state index in [0.717, 1.165) is 61.4 Å². The third-order valence-electron chi connectivity index (χ3n) is 15.1. The number of para-hydroxylation sites is 1. The van der Waals surface area contributed by atoms with Crippen molar-refractivity contribution in [1.82, 2.24) is 14.5 Å². The monoisotopic (exact) mass is 1140 g/mol. The topological polar surface area (TPSA) is 50.9 Å². The number of benzene rings is 6. The molecule has 0 bridgehead atoms. The molecule has 370 valence electrons. The number of fused-ring (bicyclic) bond motifs is 2. The summed E-state index contributed by atoms with van der Waals surface area (Å²) < 4.78 is 2.30. The molecule has 0 atom stereocenters. The first-order valence-corrected chi connectivity index (χ1v) is 28.6. The summed E-state index contributed by atoms with van der Waals surface area (Å²) >= 11 is 0. The van der Waals surface area contributed by atoms with Crippen LogP contribution in [0.1, 0.15) is 131 Å². The van der Waals surface area contributed by atoms with Crippen molar-refractivity contribution < 1.29 is 26.2 Å². The van der Waals surface area contributed by atoms with Gasteiger partial charge in [-0.1, -0.05) is 211 Å². The Morgan fingerprint density at radius 1 is 0.592 bits per heavy atom. The van der Waals surface area contributed by atoms with E-state index in [1.165, 1.54) is 40.3 Å². The van der Waals surface area contributed by atoms with Gasteiger partial charge in [-0.25, -0.2) is 4.98 Å². The SMILES string of the molecule is CC(C)(C)c1cc(-c2cc(-c3cccc4c3C(C)(C)CC[Si]4(C)C)ccn2)[c-]c(-c2cccc3c2nc(-c2cc(C(C)(C)C)cc(C(C)(C)C)c2O)n3-c2ccc(C(C)(C)C)cc2-c2ccccc2)c1.[Pt]. The maximum Gasteiger partial charge on any atom is 0.148 e. The Balaban J connectivity index is 0.00000676. The molecule has 1 aliphatic rings. The van der Waals surface area contributed by atoms with E-state index in [-0.39, 0.29) is 53.9 Å². The largest absolute Gasteiger partial charge is 0.507 e. The molecule has 0 amide bonds. The number of hydrogen-bond acceptors (Lipinski definition) is 3. The molecule has 0 spiro atoms. The molecular weight excluding hydrogens is 1060 g/mol. The third kappa shape index (κ3) is 9.83. The minimum Gasteiger partial charge on any atom is -0.507 e. The molecule has 2 aromatic heterocycles. The minimum atomic E-state index is -1.58. The van der Waals surface area contributed by atoms with Gasteiger partial charge in [-0.15, -0.1) is 29.3 Å². The molecule has 0 radical (unpaired) electrons. The van der Waals surface area contributed by atoms with Crippen LogP contribution in [-0.2, 0) is 48.1 Å². The van der Waals surface area contributed by atoms with Crippen molar-refractivity contribution in [3.63, 3.8) is 0 Å². The zero-order valence-corrected chi connectivity index (χ0v) is 48.4. The molecule has 4 nitrogen and oxygen atoms in total. The molecule has 1 N–H and O–H groups in total. The maximum atomic E-state index is 12.6. The molecule has 0 saturated carbocycles. The normalized spacial score (nSPS) is 14.8. The number of imidazole rings is 1. The van der Waals surface area contributed by atoms with E-state index < -0.39 is 8.07 Å². The summed E-state index contributed by atoms with van der Waals surface area (Å²) in [6.45, 7) is 36.8. The van der Waals surface area contributed by atoms with Gasteiger partial charge in [0.25, 0.3) is 0 Å². The van der Waals surface area contributed by atoms with E-state index in [0.29, 0.717) is 11.4 Å². The smallest absolute Gasteiger partial charge is 0.148 e. The first-order valence-electron chi connectivity index (χ1n) is 25.4. The molecule has 71 heavy (non-hydrogen) atoms. The average molecular weight is 1140 g/mol. The standard InChI is InChI=1S/C65H74N3OSi.Pt/c1-61(2,3)45-28-29-54(50(38-45)41-22-18-17-19-23-41)68-55-26-20-25-49(58(55)67-60(68)51-39-47(63(7,8)9)40-52(59(51)69)64(10,11)12)43-34-44(36-46(35-43)62(4,5)6)53-37-42(30-32-66-53)48-24-21-27-56-57(48)65(13,14)31-33-70(56,15)16;/h17-30,32,35-40,69H,31,33H2,1-16H3;/q-1;. The van der Waals surface area contributed by atoms with Gasteiger partial charge in [0, 0.05) is 44.1 Å². The average Bonchev–Trinajstić information content (AvgIpc) is 3.68. The van der Waals surface area contributed by atoms with Crippen molar-refractivity contribution >= 4 is 24.3 Å². The fraction of sp³-hybridized carbons (Fsp3) is 0.354. The van der Waals surface area contributed by atoms with Gasteiger partial charge in [-0.3, -0.25) is 9.55 Å². The number of hydrogen-bond donors (Lipinski definition) is 1. The Morgan fingerprint density at radius 2 is 1.21 bits per heavy atom. The number of pyridine rings is 1. The van der Waals surface area contributed by atoms with E-state index in [2.05, 4.69) is 242 Å². The molecule has 0 saturated heterocycles. The number of nitrogens with zero attached hydrogens (tertiary/aromatic N) is 3. The van der Waals surface area contributed by atoms with Gasteiger partial charge >= 0.3 is 0 Å². The van der Waals surface area contributed by atoms with Gasteiger partial charge in [0.2, 0.25) is 0 Å². The third-order valence-corrected chi connectivity index (χ3v) is 18.5. The van der Waals surface area contributed by atoms with Crippen LogP contribution in [0.2, 0.25) is 19.1 Å². The minimum absolute atomic E-state index is 0. The number of aromatic nitrogens is 3. The molecule has 3 heterocycles. The first-order chi connectivity index (χ1) is 32.6. The first kappa shape index (κ1) is 52.0. The molecule has 0 aliphatic carbocycles. The predicted octanol–water partition coefficient (Wildman–Crippen LogP) is 17.0. The molecule has 9 rings (SSSR count). The molecule has 6 aromatic carbocycles.